The second-order valence-electron chi connectivity index (χ2n) is 9.18. The Balaban J connectivity index is 1.18. The Labute approximate surface area is 186 Å². The molecule has 0 N–H and O–H groups in total. The van der Waals surface area contributed by atoms with Gasteiger partial charge < -0.3 is 9.80 Å². The molecule has 4 heterocycles. The molecule has 6 nitrogen and oxygen atoms in total. The number of piperazine rings is 1. The van der Waals surface area contributed by atoms with Crippen LogP contribution in [0.1, 0.15) is 30.5 Å². The highest BCUT2D eigenvalue weighted by Crippen LogP contribution is 2.27. The molecule has 0 saturated carbocycles. The molecule has 1 aromatic heterocycles. The van der Waals surface area contributed by atoms with Crippen LogP contribution in [0.3, 0.4) is 0 Å². The summed E-state index contributed by atoms with van der Waals surface area (Å²) in [5.41, 5.74) is 5.82. The summed E-state index contributed by atoms with van der Waals surface area (Å²) in [6.07, 6.45) is 5.45. The number of rotatable bonds is 4. The number of anilines is 2. The molecular formula is C25H34N6. The monoisotopic (exact) mass is 418 g/mol. The summed E-state index contributed by atoms with van der Waals surface area (Å²) in [5.74, 6) is 0. The fourth-order valence-corrected chi connectivity index (χ4v) is 5.00. The Morgan fingerprint density at radius 1 is 0.806 bits per heavy atom. The van der Waals surface area contributed by atoms with E-state index in [1.54, 1.807) is 0 Å². The number of hydrazone groups is 1. The van der Waals surface area contributed by atoms with Crippen LogP contribution in [0.5, 0.6) is 0 Å². The average molecular weight is 419 g/mol. The molecule has 0 atom stereocenters. The Kier molecular flexibility index (Phi) is 5.92. The van der Waals surface area contributed by atoms with Crippen LogP contribution in [0, 0.1) is 6.92 Å². The van der Waals surface area contributed by atoms with Crippen molar-refractivity contribution in [2.45, 2.75) is 32.2 Å². The first kappa shape index (κ1) is 20.5. The lowest BCUT2D eigenvalue weighted by Gasteiger charge is -2.42. The van der Waals surface area contributed by atoms with Crippen molar-refractivity contribution < 1.29 is 0 Å². The van der Waals surface area contributed by atoms with E-state index in [-0.39, 0.29) is 0 Å². The Bertz CT molecular complexity index is 891. The van der Waals surface area contributed by atoms with E-state index in [1.165, 1.54) is 50.4 Å². The topological polar surface area (TPSA) is 38.2 Å². The van der Waals surface area contributed by atoms with Gasteiger partial charge in [-0.25, -0.2) is 0 Å². The van der Waals surface area contributed by atoms with Crippen LogP contribution in [0.4, 0.5) is 11.4 Å². The van der Waals surface area contributed by atoms with Crippen LogP contribution in [-0.4, -0.2) is 79.4 Å². The number of hydrogen-bond donors (Lipinski definition) is 0. The van der Waals surface area contributed by atoms with Gasteiger partial charge in [-0.1, -0.05) is 0 Å². The lowest BCUT2D eigenvalue weighted by molar-refractivity contribution is 0.0982. The highest BCUT2D eigenvalue weighted by atomic mass is 15.5. The van der Waals surface area contributed by atoms with E-state index in [9.17, 15) is 0 Å². The number of piperidine rings is 1. The van der Waals surface area contributed by atoms with E-state index >= 15 is 0 Å². The molecule has 2 fully saturated rings. The quantitative estimate of drug-likeness (QED) is 0.762. The van der Waals surface area contributed by atoms with E-state index in [4.69, 9.17) is 5.10 Å². The van der Waals surface area contributed by atoms with Crippen molar-refractivity contribution in [3.8, 4) is 0 Å². The minimum absolute atomic E-state index is 0.762. The van der Waals surface area contributed by atoms with Crippen molar-refractivity contribution in [3.63, 3.8) is 0 Å². The predicted molar refractivity (Wildman–Crippen MR) is 128 cm³/mol. The van der Waals surface area contributed by atoms with E-state index in [2.05, 4.69) is 68.1 Å². The first-order valence-corrected chi connectivity index (χ1v) is 11.7. The zero-order valence-corrected chi connectivity index (χ0v) is 18.9. The molecule has 164 valence electrons. The molecule has 31 heavy (non-hydrogen) atoms. The number of aromatic nitrogens is 1. The van der Waals surface area contributed by atoms with Crippen molar-refractivity contribution in [3.05, 3.63) is 53.9 Å². The van der Waals surface area contributed by atoms with E-state index < -0.39 is 0 Å². The van der Waals surface area contributed by atoms with Crippen LogP contribution >= 0.6 is 0 Å². The van der Waals surface area contributed by atoms with E-state index in [0.717, 1.165) is 49.1 Å². The van der Waals surface area contributed by atoms with Crippen molar-refractivity contribution in [1.29, 1.82) is 0 Å². The highest BCUT2D eigenvalue weighted by Gasteiger charge is 2.27. The second kappa shape index (κ2) is 8.97. The van der Waals surface area contributed by atoms with Gasteiger partial charge in [0.2, 0.25) is 0 Å². The van der Waals surface area contributed by atoms with Gasteiger partial charge in [-0.2, -0.15) is 5.10 Å². The number of hydrogen-bond acceptors (Lipinski definition) is 6. The molecule has 0 unspecified atom stereocenters. The number of pyridine rings is 1. The lowest BCUT2D eigenvalue weighted by atomic mass is 10.0. The van der Waals surface area contributed by atoms with E-state index in [0.29, 0.717) is 0 Å². The minimum atomic E-state index is 0.762. The predicted octanol–water partition coefficient (Wildman–Crippen LogP) is 3.22. The fourth-order valence-electron chi connectivity index (χ4n) is 5.00. The van der Waals surface area contributed by atoms with Gasteiger partial charge in [-0.05, 0) is 63.2 Å². The average Bonchev–Trinajstić information content (AvgIpc) is 3.31. The minimum Gasteiger partial charge on any atom is -0.371 e. The Hall–Kier alpha value is -2.44. The molecule has 0 radical (unpaired) electrons. The molecule has 0 amide bonds. The van der Waals surface area contributed by atoms with Crippen LogP contribution in [0.25, 0.3) is 0 Å². The largest absolute Gasteiger partial charge is 0.371 e. The summed E-state index contributed by atoms with van der Waals surface area (Å²) in [5, 5.41) is 6.98. The molecule has 3 aliphatic rings. The SMILES string of the molecule is Cc1ccc(C2=NN(c3ccc(N4CCC(N5CCN(C)CC5)CC4)cc3)CC2)cn1. The maximum absolute atomic E-state index is 4.85. The normalized spacial score (nSPS) is 21.5. The third kappa shape index (κ3) is 4.60. The molecule has 6 heteroatoms. The fraction of sp³-hybridized carbons (Fsp3) is 0.520. The maximum Gasteiger partial charge on any atom is 0.0715 e. The molecule has 0 aliphatic carbocycles. The molecule has 0 bridgehead atoms. The zero-order chi connectivity index (χ0) is 21.2. The van der Waals surface area contributed by atoms with Gasteiger partial charge in [0.25, 0.3) is 0 Å². The van der Waals surface area contributed by atoms with Gasteiger partial charge in [0.15, 0.2) is 0 Å². The molecule has 2 saturated heterocycles. The molecule has 1 aromatic carbocycles. The van der Waals surface area contributed by atoms with Gasteiger partial charge in [0, 0.05) is 81.4 Å². The van der Waals surface area contributed by atoms with Gasteiger partial charge in [0.1, 0.15) is 0 Å². The van der Waals surface area contributed by atoms with Crippen LogP contribution < -0.4 is 9.91 Å². The standard InChI is InChI=1S/C25H34N6/c1-20-3-4-21(19-26-20)25-11-14-31(27-25)24-7-5-22(6-8-24)29-12-9-23(10-13-29)30-17-15-28(2)16-18-30/h3-8,19,23H,9-18H2,1-2H3. The first-order chi connectivity index (χ1) is 15.2. The van der Waals surface area contributed by atoms with Gasteiger partial charge in [-0.15, -0.1) is 0 Å². The smallest absolute Gasteiger partial charge is 0.0715 e. The first-order valence-electron chi connectivity index (χ1n) is 11.7. The summed E-state index contributed by atoms with van der Waals surface area (Å²) in [7, 11) is 2.23. The molecular weight excluding hydrogens is 384 g/mol. The third-order valence-corrected chi connectivity index (χ3v) is 7.08. The Morgan fingerprint density at radius 3 is 2.19 bits per heavy atom. The second-order valence-corrected chi connectivity index (χ2v) is 9.18. The molecule has 0 spiro atoms. The van der Waals surface area contributed by atoms with Crippen molar-refractivity contribution in [2.75, 3.05) is 62.8 Å². The van der Waals surface area contributed by atoms with Gasteiger partial charge >= 0.3 is 0 Å². The summed E-state index contributed by atoms with van der Waals surface area (Å²) in [6, 6.07) is 13.9. The maximum atomic E-state index is 4.85. The molecule has 3 aliphatic heterocycles. The zero-order valence-electron chi connectivity index (χ0n) is 18.9. The lowest BCUT2D eigenvalue weighted by Crippen LogP contribution is -2.52. The van der Waals surface area contributed by atoms with Crippen LogP contribution in [-0.2, 0) is 0 Å². The molecule has 5 rings (SSSR count). The number of aryl methyl sites for hydroxylation is 1. The van der Waals surface area contributed by atoms with E-state index in [1.807, 2.05) is 13.1 Å². The van der Waals surface area contributed by atoms with Crippen molar-refractivity contribution in [1.82, 2.24) is 14.8 Å². The Morgan fingerprint density at radius 2 is 1.52 bits per heavy atom. The highest BCUT2D eigenvalue weighted by molar-refractivity contribution is 6.02. The summed E-state index contributed by atoms with van der Waals surface area (Å²) < 4.78 is 0. The summed E-state index contributed by atoms with van der Waals surface area (Å²) in [4.78, 5) is 12.1. The van der Waals surface area contributed by atoms with Gasteiger partial charge in [0.05, 0.1) is 11.4 Å². The van der Waals surface area contributed by atoms with Crippen molar-refractivity contribution >= 4 is 17.1 Å². The van der Waals surface area contributed by atoms with Crippen molar-refractivity contribution in [2.24, 2.45) is 5.10 Å². The van der Waals surface area contributed by atoms with Crippen LogP contribution in [0.15, 0.2) is 47.7 Å². The number of nitrogens with zero attached hydrogens (tertiary/aromatic N) is 6. The molecule has 2 aromatic rings. The number of benzene rings is 1. The summed E-state index contributed by atoms with van der Waals surface area (Å²) in [6.45, 7) is 10.1. The number of likely N-dealkylation sites (N-methyl/N-ethyl adjacent to an activating group) is 1. The van der Waals surface area contributed by atoms with Crippen LogP contribution in [0.2, 0.25) is 0 Å². The summed E-state index contributed by atoms with van der Waals surface area (Å²) >= 11 is 0. The third-order valence-electron chi connectivity index (χ3n) is 7.08. The van der Waals surface area contributed by atoms with Gasteiger partial charge in [-0.3, -0.25) is 14.9 Å².